The molecule has 2 rings (SSSR count). The third kappa shape index (κ3) is 2.86. The van der Waals surface area contributed by atoms with Crippen LogP contribution in [0.3, 0.4) is 0 Å². The van der Waals surface area contributed by atoms with Crippen molar-refractivity contribution in [2.24, 2.45) is 0 Å². The maximum Gasteiger partial charge on any atom is 0.422 e. The lowest BCUT2D eigenvalue weighted by molar-refractivity contribution is 0.441. The number of benzene rings is 1. The molecule has 0 saturated carbocycles. The maximum atomic E-state index is 12.2. The molecule has 0 aliphatic rings. The second-order valence-electron chi connectivity index (χ2n) is 4.64. The number of nitrogens with zero attached hydrogens (tertiary/aromatic N) is 1. The van der Waals surface area contributed by atoms with Crippen LogP contribution in [0.1, 0.15) is 32.6 Å². The molecule has 1 aromatic heterocycles. The van der Waals surface area contributed by atoms with Crippen LogP contribution >= 0.6 is 0 Å². The molecule has 0 saturated heterocycles. The van der Waals surface area contributed by atoms with Crippen LogP contribution in [0.2, 0.25) is 0 Å². The van der Waals surface area contributed by atoms with Crippen molar-refractivity contribution >= 4 is 16.7 Å². The van der Waals surface area contributed by atoms with Gasteiger partial charge in [0.1, 0.15) is 5.58 Å². The zero-order valence-electron chi connectivity index (χ0n) is 11.0. The molecule has 0 aliphatic carbocycles. The molecule has 0 unspecified atom stereocenters. The topological polar surface area (TPSA) is 78.2 Å². The van der Waals surface area contributed by atoms with E-state index in [9.17, 15) is 9.59 Å². The number of nitrogen functional groups attached to an aromatic ring is 1. The van der Waals surface area contributed by atoms with E-state index in [4.69, 9.17) is 10.2 Å². The van der Waals surface area contributed by atoms with Crippen molar-refractivity contribution in [2.45, 2.75) is 39.2 Å². The Balaban J connectivity index is 2.38. The van der Waals surface area contributed by atoms with Gasteiger partial charge >= 0.3 is 5.76 Å². The van der Waals surface area contributed by atoms with E-state index in [1.807, 2.05) is 0 Å². The van der Waals surface area contributed by atoms with Gasteiger partial charge in [0.2, 0.25) is 0 Å². The van der Waals surface area contributed by atoms with E-state index in [-0.39, 0.29) is 11.1 Å². The van der Waals surface area contributed by atoms with E-state index in [1.54, 1.807) is 18.2 Å². The Morgan fingerprint density at radius 1 is 1.21 bits per heavy atom. The van der Waals surface area contributed by atoms with Gasteiger partial charge in [-0.05, 0) is 24.6 Å². The van der Waals surface area contributed by atoms with Crippen molar-refractivity contribution in [1.29, 1.82) is 0 Å². The van der Waals surface area contributed by atoms with Crippen molar-refractivity contribution in [2.75, 3.05) is 5.73 Å². The molecule has 0 radical (unpaired) electrons. The smallest absolute Gasteiger partial charge is 0.409 e. The number of fused-ring (bicyclic) bond motifs is 1. The minimum atomic E-state index is -0.598. The average molecular weight is 262 g/mol. The van der Waals surface area contributed by atoms with Gasteiger partial charge in [0.05, 0.1) is 5.39 Å². The van der Waals surface area contributed by atoms with Gasteiger partial charge in [0.25, 0.3) is 5.56 Å². The highest BCUT2D eigenvalue weighted by atomic mass is 16.4. The van der Waals surface area contributed by atoms with E-state index >= 15 is 0 Å². The van der Waals surface area contributed by atoms with E-state index < -0.39 is 5.76 Å². The third-order valence-corrected chi connectivity index (χ3v) is 3.13. The van der Waals surface area contributed by atoms with E-state index in [1.165, 1.54) is 0 Å². The summed E-state index contributed by atoms with van der Waals surface area (Å²) in [6.45, 7) is 2.51. The third-order valence-electron chi connectivity index (χ3n) is 3.13. The molecular weight excluding hydrogens is 244 g/mol. The van der Waals surface area contributed by atoms with E-state index in [0.29, 0.717) is 17.6 Å². The van der Waals surface area contributed by atoms with Crippen LogP contribution in [-0.4, -0.2) is 4.57 Å². The van der Waals surface area contributed by atoms with Gasteiger partial charge in [-0.3, -0.25) is 4.79 Å². The van der Waals surface area contributed by atoms with Crippen LogP contribution in [0.15, 0.2) is 32.2 Å². The van der Waals surface area contributed by atoms with Gasteiger partial charge < -0.3 is 10.2 Å². The number of aromatic nitrogens is 1. The van der Waals surface area contributed by atoms with Crippen LogP contribution in [-0.2, 0) is 6.54 Å². The molecule has 5 nitrogen and oxygen atoms in total. The largest absolute Gasteiger partial charge is 0.422 e. The lowest BCUT2D eigenvalue weighted by Crippen LogP contribution is -2.32. The molecule has 0 spiro atoms. The minimum absolute atomic E-state index is 0.286. The van der Waals surface area contributed by atoms with Crippen LogP contribution < -0.4 is 17.0 Å². The normalized spacial score (nSPS) is 11.0. The standard InChI is InChI=1S/C14H18N2O3/c1-2-3-4-5-8-16-13(17)11-9-10(15)6-7-12(11)19-14(16)18/h6-7,9H,2-5,8,15H2,1H3. The lowest BCUT2D eigenvalue weighted by atomic mass is 10.2. The first-order valence-corrected chi connectivity index (χ1v) is 6.56. The molecular formula is C14H18N2O3. The summed E-state index contributed by atoms with van der Waals surface area (Å²) in [7, 11) is 0. The summed E-state index contributed by atoms with van der Waals surface area (Å²) in [5.41, 5.74) is 6.10. The van der Waals surface area contributed by atoms with Crippen molar-refractivity contribution in [1.82, 2.24) is 4.57 Å². The Bertz CT molecular complexity index is 685. The number of unbranched alkanes of at least 4 members (excludes halogenated alkanes) is 3. The van der Waals surface area contributed by atoms with Crippen molar-refractivity contribution in [3.63, 3.8) is 0 Å². The second-order valence-corrected chi connectivity index (χ2v) is 4.64. The van der Waals surface area contributed by atoms with Crippen LogP contribution in [0, 0.1) is 0 Å². The molecule has 1 heterocycles. The summed E-state index contributed by atoms with van der Waals surface area (Å²) in [6, 6.07) is 4.70. The Labute approximate surface area is 110 Å². The number of anilines is 1. The maximum absolute atomic E-state index is 12.2. The van der Waals surface area contributed by atoms with Gasteiger partial charge in [0.15, 0.2) is 0 Å². The quantitative estimate of drug-likeness (QED) is 0.661. The summed E-state index contributed by atoms with van der Waals surface area (Å²) >= 11 is 0. The SMILES string of the molecule is CCCCCCn1c(=O)oc2ccc(N)cc2c1=O. The molecule has 19 heavy (non-hydrogen) atoms. The Morgan fingerprint density at radius 2 is 2.00 bits per heavy atom. The highest BCUT2D eigenvalue weighted by Gasteiger charge is 2.09. The molecule has 0 aliphatic heterocycles. The molecule has 0 amide bonds. The average Bonchev–Trinajstić information content (AvgIpc) is 2.39. The molecule has 0 fully saturated rings. The highest BCUT2D eigenvalue weighted by Crippen LogP contribution is 2.12. The first kappa shape index (κ1) is 13.4. The Hall–Kier alpha value is -2.04. The molecule has 5 heteroatoms. The van der Waals surface area contributed by atoms with E-state index in [0.717, 1.165) is 30.3 Å². The Morgan fingerprint density at radius 3 is 2.74 bits per heavy atom. The monoisotopic (exact) mass is 262 g/mol. The summed E-state index contributed by atoms with van der Waals surface area (Å²) in [4.78, 5) is 24.0. The van der Waals surface area contributed by atoms with Crippen molar-refractivity contribution < 1.29 is 4.42 Å². The predicted molar refractivity (Wildman–Crippen MR) is 75.3 cm³/mol. The minimum Gasteiger partial charge on any atom is -0.409 e. The molecule has 2 N–H and O–H groups in total. The molecule has 102 valence electrons. The zero-order chi connectivity index (χ0) is 13.8. The number of rotatable bonds is 5. The molecule has 0 bridgehead atoms. The fourth-order valence-electron chi connectivity index (χ4n) is 2.07. The van der Waals surface area contributed by atoms with Gasteiger partial charge in [-0.25, -0.2) is 9.36 Å². The number of hydrogen-bond donors (Lipinski definition) is 1. The highest BCUT2D eigenvalue weighted by molar-refractivity contribution is 5.79. The van der Waals surface area contributed by atoms with Gasteiger partial charge in [-0.1, -0.05) is 26.2 Å². The van der Waals surface area contributed by atoms with Gasteiger partial charge in [-0.2, -0.15) is 0 Å². The van der Waals surface area contributed by atoms with Gasteiger partial charge in [-0.15, -0.1) is 0 Å². The van der Waals surface area contributed by atoms with E-state index in [2.05, 4.69) is 6.92 Å². The first-order valence-electron chi connectivity index (χ1n) is 6.56. The summed E-state index contributed by atoms with van der Waals surface area (Å²) in [5.74, 6) is -0.598. The fraction of sp³-hybridized carbons (Fsp3) is 0.429. The first-order chi connectivity index (χ1) is 9.13. The molecule has 2 aromatic rings. The van der Waals surface area contributed by atoms with Crippen LogP contribution in [0.25, 0.3) is 11.0 Å². The van der Waals surface area contributed by atoms with Crippen LogP contribution in [0.4, 0.5) is 5.69 Å². The number of hydrogen-bond acceptors (Lipinski definition) is 4. The summed E-state index contributed by atoms with van der Waals surface area (Å²) in [6.07, 6.45) is 4.00. The number of nitrogens with two attached hydrogens (primary N) is 1. The zero-order valence-corrected chi connectivity index (χ0v) is 11.0. The second kappa shape index (κ2) is 5.73. The lowest BCUT2D eigenvalue weighted by Gasteiger charge is -2.05. The van der Waals surface area contributed by atoms with Crippen LogP contribution in [0.5, 0.6) is 0 Å². The Kier molecular flexibility index (Phi) is 4.04. The molecule has 0 atom stereocenters. The van der Waals surface area contributed by atoms with Crippen molar-refractivity contribution in [3.8, 4) is 0 Å². The van der Waals surface area contributed by atoms with Gasteiger partial charge in [0, 0.05) is 12.2 Å². The van der Waals surface area contributed by atoms with Crippen molar-refractivity contribution in [3.05, 3.63) is 39.1 Å². The predicted octanol–water partition coefficient (Wildman–Crippen LogP) is 2.12. The summed E-state index contributed by atoms with van der Waals surface area (Å²) < 4.78 is 6.29. The fourth-order valence-corrected chi connectivity index (χ4v) is 2.07. The molecule has 1 aromatic carbocycles. The summed E-state index contributed by atoms with van der Waals surface area (Å²) in [5, 5.41) is 0.357.